The van der Waals surface area contributed by atoms with Gasteiger partial charge < -0.3 is 4.90 Å². The number of carbonyl (C=O) groups is 1. The quantitative estimate of drug-likeness (QED) is 0.812. The Kier molecular flexibility index (Phi) is 3.30. The van der Waals surface area contributed by atoms with Crippen molar-refractivity contribution in [3.63, 3.8) is 0 Å². The Morgan fingerprint density at radius 3 is 3.05 bits per heavy atom. The van der Waals surface area contributed by atoms with E-state index in [2.05, 4.69) is 12.0 Å². The Morgan fingerprint density at radius 2 is 2.30 bits per heavy atom. The third-order valence-corrected chi connectivity index (χ3v) is 3.78. The van der Waals surface area contributed by atoms with Crippen LogP contribution in [0, 0.1) is 5.92 Å². The second-order valence-corrected chi connectivity index (χ2v) is 5.46. The summed E-state index contributed by atoms with van der Waals surface area (Å²) in [5, 5.41) is 4.19. The highest BCUT2D eigenvalue weighted by Gasteiger charge is 2.22. The van der Waals surface area contributed by atoms with Crippen molar-refractivity contribution in [3.05, 3.63) is 34.9 Å². The molecule has 1 unspecified atom stereocenters. The molecule has 0 spiro atoms. The highest BCUT2D eigenvalue weighted by atomic mass is 16.2. The van der Waals surface area contributed by atoms with Crippen molar-refractivity contribution in [2.45, 2.75) is 26.3 Å². The minimum atomic E-state index is -0.265. The van der Waals surface area contributed by atoms with Crippen molar-refractivity contribution in [1.29, 1.82) is 0 Å². The largest absolute Gasteiger partial charge is 0.350 e. The molecule has 6 heteroatoms. The van der Waals surface area contributed by atoms with Gasteiger partial charge in [-0.1, -0.05) is 13.0 Å². The van der Waals surface area contributed by atoms with Crippen LogP contribution in [0.15, 0.2) is 29.2 Å². The molecule has 3 rings (SSSR count). The van der Waals surface area contributed by atoms with Crippen LogP contribution in [0.3, 0.4) is 0 Å². The highest BCUT2D eigenvalue weighted by molar-refractivity contribution is 5.76. The van der Waals surface area contributed by atoms with E-state index in [0.29, 0.717) is 11.6 Å². The molecule has 6 nitrogen and oxygen atoms in total. The number of amides is 1. The van der Waals surface area contributed by atoms with Gasteiger partial charge in [-0.05, 0) is 30.9 Å². The number of aromatic nitrogens is 3. The normalized spacial score (nSPS) is 19.4. The molecule has 1 atom stereocenters. The zero-order chi connectivity index (χ0) is 14.1. The van der Waals surface area contributed by atoms with Gasteiger partial charge in [0.2, 0.25) is 5.91 Å². The molecule has 0 aromatic carbocycles. The Labute approximate surface area is 116 Å². The molecule has 0 aliphatic carbocycles. The van der Waals surface area contributed by atoms with E-state index >= 15 is 0 Å². The van der Waals surface area contributed by atoms with Crippen molar-refractivity contribution < 1.29 is 4.79 Å². The van der Waals surface area contributed by atoms with E-state index in [0.717, 1.165) is 25.9 Å². The molecule has 0 radical (unpaired) electrons. The number of pyridine rings is 1. The molecule has 2 aromatic rings. The first-order valence-corrected chi connectivity index (χ1v) is 6.97. The first-order valence-electron chi connectivity index (χ1n) is 6.97. The van der Waals surface area contributed by atoms with Crippen LogP contribution in [0.4, 0.5) is 0 Å². The zero-order valence-electron chi connectivity index (χ0n) is 11.5. The Morgan fingerprint density at radius 1 is 1.45 bits per heavy atom. The molecule has 0 saturated carbocycles. The molecule has 0 N–H and O–H groups in total. The fourth-order valence-corrected chi connectivity index (χ4v) is 2.72. The van der Waals surface area contributed by atoms with Crippen LogP contribution >= 0.6 is 0 Å². The molecule has 2 aromatic heterocycles. The van der Waals surface area contributed by atoms with Crippen molar-refractivity contribution >= 4 is 11.6 Å². The van der Waals surface area contributed by atoms with Gasteiger partial charge in [0.1, 0.15) is 6.54 Å². The molecule has 1 fully saturated rings. The lowest BCUT2D eigenvalue weighted by Gasteiger charge is -2.30. The number of fused-ring (bicyclic) bond motifs is 1. The predicted octanol–water partition coefficient (Wildman–Crippen LogP) is 0.755. The van der Waals surface area contributed by atoms with Crippen LogP contribution < -0.4 is 5.69 Å². The van der Waals surface area contributed by atoms with Gasteiger partial charge in [0.15, 0.2) is 5.65 Å². The molecule has 0 bridgehead atoms. The van der Waals surface area contributed by atoms with E-state index in [4.69, 9.17) is 0 Å². The van der Waals surface area contributed by atoms with Gasteiger partial charge >= 0.3 is 5.69 Å². The van der Waals surface area contributed by atoms with Gasteiger partial charge in [-0.25, -0.2) is 9.48 Å². The molecular formula is C14H18N4O2. The summed E-state index contributed by atoms with van der Waals surface area (Å²) in [7, 11) is 0. The van der Waals surface area contributed by atoms with Crippen LogP contribution in [0.5, 0.6) is 0 Å². The fraction of sp³-hybridized carbons (Fsp3) is 0.500. The lowest BCUT2D eigenvalue weighted by Crippen LogP contribution is -2.42. The number of likely N-dealkylation sites (tertiary alicyclic amines) is 1. The zero-order valence-corrected chi connectivity index (χ0v) is 11.5. The Hall–Kier alpha value is -2.11. The standard InChI is InChI=1S/C14H18N4O2/c1-11-5-4-7-16(9-11)13(19)10-18-14(20)17-8-3-2-6-12(17)15-18/h2-3,6,8,11H,4-5,7,9-10H2,1H3. The molecule has 1 aliphatic rings. The van der Waals surface area contributed by atoms with E-state index < -0.39 is 0 Å². The molecular weight excluding hydrogens is 256 g/mol. The maximum absolute atomic E-state index is 12.3. The number of nitrogens with zero attached hydrogens (tertiary/aromatic N) is 4. The maximum Gasteiger partial charge on any atom is 0.350 e. The summed E-state index contributed by atoms with van der Waals surface area (Å²) in [6.07, 6.45) is 3.86. The van der Waals surface area contributed by atoms with Crippen molar-refractivity contribution in [2.24, 2.45) is 5.92 Å². The number of rotatable bonds is 2. The molecule has 1 amide bonds. The number of hydrogen-bond acceptors (Lipinski definition) is 3. The summed E-state index contributed by atoms with van der Waals surface area (Å²) < 4.78 is 2.70. The number of carbonyl (C=O) groups excluding carboxylic acids is 1. The van der Waals surface area contributed by atoms with Crippen LogP contribution in [0.1, 0.15) is 19.8 Å². The lowest BCUT2D eigenvalue weighted by molar-refractivity contribution is -0.133. The monoisotopic (exact) mass is 274 g/mol. The average molecular weight is 274 g/mol. The molecule has 106 valence electrons. The fourth-order valence-electron chi connectivity index (χ4n) is 2.72. The van der Waals surface area contributed by atoms with Crippen LogP contribution in [0.25, 0.3) is 5.65 Å². The summed E-state index contributed by atoms with van der Waals surface area (Å²) >= 11 is 0. The Bertz CT molecular complexity index is 688. The number of hydrogen-bond donors (Lipinski definition) is 0. The van der Waals surface area contributed by atoms with Crippen LogP contribution in [-0.2, 0) is 11.3 Å². The minimum absolute atomic E-state index is 0.0211. The van der Waals surface area contributed by atoms with Crippen molar-refractivity contribution in [1.82, 2.24) is 19.1 Å². The van der Waals surface area contributed by atoms with E-state index in [9.17, 15) is 9.59 Å². The van der Waals surface area contributed by atoms with Gasteiger partial charge in [-0.15, -0.1) is 5.10 Å². The molecule has 3 heterocycles. The topological polar surface area (TPSA) is 59.6 Å². The second kappa shape index (κ2) is 5.11. The predicted molar refractivity (Wildman–Crippen MR) is 74.4 cm³/mol. The highest BCUT2D eigenvalue weighted by Crippen LogP contribution is 2.15. The molecule has 20 heavy (non-hydrogen) atoms. The lowest BCUT2D eigenvalue weighted by atomic mass is 10.0. The third-order valence-electron chi connectivity index (χ3n) is 3.78. The molecule has 1 aliphatic heterocycles. The molecule has 1 saturated heterocycles. The van der Waals surface area contributed by atoms with Gasteiger partial charge in [0.25, 0.3) is 0 Å². The summed E-state index contributed by atoms with van der Waals surface area (Å²) in [5.41, 5.74) is 0.302. The van der Waals surface area contributed by atoms with Gasteiger partial charge in [-0.3, -0.25) is 9.20 Å². The second-order valence-electron chi connectivity index (χ2n) is 5.46. The van der Waals surface area contributed by atoms with E-state index in [1.54, 1.807) is 18.3 Å². The third kappa shape index (κ3) is 2.33. The van der Waals surface area contributed by atoms with E-state index in [1.807, 2.05) is 11.0 Å². The van der Waals surface area contributed by atoms with Crippen LogP contribution in [-0.4, -0.2) is 38.1 Å². The summed E-state index contributed by atoms with van der Waals surface area (Å²) in [6, 6.07) is 5.35. The minimum Gasteiger partial charge on any atom is -0.341 e. The van der Waals surface area contributed by atoms with E-state index in [-0.39, 0.29) is 18.1 Å². The number of piperidine rings is 1. The van der Waals surface area contributed by atoms with Gasteiger partial charge in [0, 0.05) is 19.3 Å². The van der Waals surface area contributed by atoms with Crippen molar-refractivity contribution in [2.75, 3.05) is 13.1 Å². The Balaban J connectivity index is 1.80. The summed E-state index contributed by atoms with van der Waals surface area (Å²) in [4.78, 5) is 26.2. The summed E-state index contributed by atoms with van der Waals surface area (Å²) in [6.45, 7) is 3.73. The van der Waals surface area contributed by atoms with Crippen LogP contribution in [0.2, 0.25) is 0 Å². The summed E-state index contributed by atoms with van der Waals surface area (Å²) in [5.74, 6) is 0.507. The maximum atomic E-state index is 12.3. The smallest absolute Gasteiger partial charge is 0.341 e. The van der Waals surface area contributed by atoms with E-state index in [1.165, 1.54) is 9.08 Å². The van der Waals surface area contributed by atoms with Gasteiger partial charge in [-0.2, -0.15) is 0 Å². The average Bonchev–Trinajstić information content (AvgIpc) is 2.76. The van der Waals surface area contributed by atoms with Crippen molar-refractivity contribution in [3.8, 4) is 0 Å². The van der Waals surface area contributed by atoms with Gasteiger partial charge in [0.05, 0.1) is 0 Å². The SMILES string of the molecule is CC1CCCN(C(=O)Cn2nc3ccccn3c2=O)C1. The first-order chi connectivity index (χ1) is 9.65. The first kappa shape index (κ1) is 12.9.